The van der Waals surface area contributed by atoms with Gasteiger partial charge in [-0.1, -0.05) is 0 Å². The van der Waals surface area contributed by atoms with E-state index in [-0.39, 0.29) is 0 Å². The number of nitrogens with two attached hydrogens (primary N) is 1. The van der Waals surface area contributed by atoms with E-state index in [0.717, 1.165) is 28.3 Å². The number of methoxy groups -OCH3 is 1. The molecule has 4 nitrogen and oxygen atoms in total. The number of nitrogens with zero attached hydrogens (tertiary/aromatic N) is 2. The summed E-state index contributed by atoms with van der Waals surface area (Å²) in [5.74, 6) is 2.46. The minimum absolute atomic E-state index is 0.658. The fourth-order valence-corrected chi connectivity index (χ4v) is 2.09. The van der Waals surface area contributed by atoms with E-state index in [1.807, 2.05) is 25.5 Å². The van der Waals surface area contributed by atoms with Crippen LogP contribution in [0.1, 0.15) is 11.1 Å². The van der Waals surface area contributed by atoms with Crippen LogP contribution >= 0.6 is 0 Å². The molecule has 0 aliphatic heterocycles. The van der Waals surface area contributed by atoms with Gasteiger partial charge in [-0.3, -0.25) is 0 Å². The lowest BCUT2D eigenvalue weighted by Gasteiger charge is -2.11. The predicted octanol–water partition coefficient (Wildman–Crippen LogP) is 2.29. The molecule has 2 aromatic rings. The van der Waals surface area contributed by atoms with Gasteiger partial charge in [-0.25, -0.2) is 4.98 Å². The van der Waals surface area contributed by atoms with Gasteiger partial charge in [0.25, 0.3) is 0 Å². The number of imidazole rings is 1. The Morgan fingerprint density at radius 2 is 1.82 bits per heavy atom. The molecule has 2 rings (SSSR count). The third kappa shape index (κ3) is 1.86. The molecule has 90 valence electrons. The highest BCUT2D eigenvalue weighted by Gasteiger charge is 2.11. The van der Waals surface area contributed by atoms with Gasteiger partial charge in [-0.2, -0.15) is 0 Å². The number of ether oxygens (including phenoxy) is 1. The first-order valence-corrected chi connectivity index (χ1v) is 5.47. The van der Waals surface area contributed by atoms with Crippen molar-refractivity contribution in [2.75, 3.05) is 12.8 Å². The summed E-state index contributed by atoms with van der Waals surface area (Å²) >= 11 is 0. The van der Waals surface area contributed by atoms with Crippen molar-refractivity contribution < 1.29 is 4.74 Å². The normalized spacial score (nSPS) is 10.6. The third-order valence-electron chi connectivity index (χ3n) is 2.95. The molecule has 0 amide bonds. The van der Waals surface area contributed by atoms with Gasteiger partial charge in [0, 0.05) is 12.6 Å². The molecule has 0 radical (unpaired) electrons. The first-order valence-electron chi connectivity index (χ1n) is 5.47. The Balaban J connectivity index is 2.58. The first-order chi connectivity index (χ1) is 8.04. The Labute approximate surface area is 101 Å². The maximum Gasteiger partial charge on any atom is 0.141 e. The van der Waals surface area contributed by atoms with Crippen molar-refractivity contribution in [3.8, 4) is 17.1 Å². The minimum atomic E-state index is 0.658. The lowest BCUT2D eigenvalue weighted by atomic mass is 10.1. The monoisotopic (exact) mass is 231 g/mol. The highest BCUT2D eigenvalue weighted by molar-refractivity contribution is 5.63. The van der Waals surface area contributed by atoms with Gasteiger partial charge in [-0.15, -0.1) is 0 Å². The number of nitrogen functional groups attached to an aromatic ring is 1. The Hall–Kier alpha value is -1.97. The fraction of sp³-hybridized carbons (Fsp3) is 0.308. The largest absolute Gasteiger partial charge is 0.496 e. The van der Waals surface area contributed by atoms with Crippen LogP contribution in [-0.2, 0) is 7.05 Å². The van der Waals surface area contributed by atoms with E-state index in [4.69, 9.17) is 10.5 Å². The number of aryl methyl sites for hydroxylation is 2. The number of rotatable bonds is 2. The SMILES string of the molecule is COc1c(C)cc(-c2ncc(N)n2C)cc1C. The van der Waals surface area contributed by atoms with Crippen molar-refractivity contribution in [3.05, 3.63) is 29.5 Å². The average Bonchev–Trinajstić information content (AvgIpc) is 2.59. The van der Waals surface area contributed by atoms with Crippen LogP contribution in [0.2, 0.25) is 0 Å². The average molecular weight is 231 g/mol. The van der Waals surface area contributed by atoms with E-state index in [0.29, 0.717) is 5.82 Å². The van der Waals surface area contributed by atoms with Crippen LogP contribution in [0.4, 0.5) is 5.82 Å². The van der Waals surface area contributed by atoms with Crippen molar-refractivity contribution in [2.45, 2.75) is 13.8 Å². The van der Waals surface area contributed by atoms with Crippen LogP contribution in [-0.4, -0.2) is 16.7 Å². The third-order valence-corrected chi connectivity index (χ3v) is 2.95. The minimum Gasteiger partial charge on any atom is -0.496 e. The van der Waals surface area contributed by atoms with Crippen LogP contribution in [0.15, 0.2) is 18.3 Å². The van der Waals surface area contributed by atoms with Gasteiger partial charge in [0.2, 0.25) is 0 Å². The van der Waals surface area contributed by atoms with Crippen LogP contribution in [0.3, 0.4) is 0 Å². The zero-order chi connectivity index (χ0) is 12.6. The quantitative estimate of drug-likeness (QED) is 0.862. The number of benzene rings is 1. The molecule has 0 aliphatic carbocycles. The number of hydrogen-bond acceptors (Lipinski definition) is 3. The summed E-state index contributed by atoms with van der Waals surface area (Å²) in [6.45, 7) is 4.06. The number of anilines is 1. The Morgan fingerprint density at radius 3 is 2.24 bits per heavy atom. The Kier molecular flexibility index (Phi) is 2.79. The number of aromatic nitrogens is 2. The maximum atomic E-state index is 5.79. The predicted molar refractivity (Wildman–Crippen MR) is 69.1 cm³/mol. The molecule has 0 saturated heterocycles. The van der Waals surface area contributed by atoms with Crippen LogP contribution in [0.5, 0.6) is 5.75 Å². The summed E-state index contributed by atoms with van der Waals surface area (Å²) in [4.78, 5) is 4.32. The first kappa shape index (κ1) is 11.5. The molecule has 1 aromatic carbocycles. The molecule has 1 aromatic heterocycles. The number of hydrogen-bond donors (Lipinski definition) is 1. The van der Waals surface area contributed by atoms with Crippen molar-refractivity contribution in [3.63, 3.8) is 0 Å². The maximum absolute atomic E-state index is 5.79. The molecule has 2 N–H and O–H groups in total. The standard InChI is InChI=1S/C13H17N3O/c1-8-5-10(6-9(2)12(8)17-4)13-15-7-11(14)16(13)3/h5-7H,14H2,1-4H3. The molecular formula is C13H17N3O. The smallest absolute Gasteiger partial charge is 0.141 e. The molecule has 0 bridgehead atoms. The van der Waals surface area contributed by atoms with E-state index in [1.54, 1.807) is 13.3 Å². The highest BCUT2D eigenvalue weighted by atomic mass is 16.5. The summed E-state index contributed by atoms with van der Waals surface area (Å²) in [6.07, 6.45) is 1.67. The lowest BCUT2D eigenvalue weighted by molar-refractivity contribution is 0.408. The van der Waals surface area contributed by atoms with Gasteiger partial charge in [0.1, 0.15) is 17.4 Å². The van der Waals surface area contributed by atoms with Crippen molar-refractivity contribution in [1.82, 2.24) is 9.55 Å². The summed E-state index contributed by atoms with van der Waals surface area (Å²) in [7, 11) is 3.60. The summed E-state index contributed by atoms with van der Waals surface area (Å²) < 4.78 is 7.23. The second-order valence-corrected chi connectivity index (χ2v) is 4.21. The van der Waals surface area contributed by atoms with Gasteiger partial charge in [0.15, 0.2) is 0 Å². The second-order valence-electron chi connectivity index (χ2n) is 4.21. The molecule has 0 fully saturated rings. The van der Waals surface area contributed by atoms with Crippen LogP contribution in [0.25, 0.3) is 11.4 Å². The topological polar surface area (TPSA) is 53.1 Å². The van der Waals surface area contributed by atoms with E-state index < -0.39 is 0 Å². The molecule has 0 spiro atoms. The molecule has 0 unspecified atom stereocenters. The molecule has 17 heavy (non-hydrogen) atoms. The van der Waals surface area contributed by atoms with Crippen LogP contribution in [0, 0.1) is 13.8 Å². The van der Waals surface area contributed by atoms with Crippen molar-refractivity contribution in [1.29, 1.82) is 0 Å². The molecule has 0 saturated carbocycles. The summed E-state index contributed by atoms with van der Waals surface area (Å²) in [5, 5.41) is 0. The van der Waals surface area contributed by atoms with Crippen molar-refractivity contribution >= 4 is 5.82 Å². The van der Waals surface area contributed by atoms with E-state index in [2.05, 4.69) is 17.1 Å². The van der Waals surface area contributed by atoms with E-state index >= 15 is 0 Å². The molecule has 0 atom stereocenters. The van der Waals surface area contributed by atoms with E-state index in [1.165, 1.54) is 0 Å². The van der Waals surface area contributed by atoms with Crippen LogP contribution < -0.4 is 10.5 Å². The van der Waals surface area contributed by atoms with Crippen molar-refractivity contribution in [2.24, 2.45) is 7.05 Å². The summed E-state index contributed by atoms with van der Waals surface area (Å²) in [5.41, 5.74) is 9.04. The van der Waals surface area contributed by atoms with E-state index in [9.17, 15) is 0 Å². The summed E-state index contributed by atoms with van der Waals surface area (Å²) in [6, 6.07) is 4.13. The zero-order valence-corrected chi connectivity index (χ0v) is 10.6. The van der Waals surface area contributed by atoms with Gasteiger partial charge < -0.3 is 15.0 Å². The zero-order valence-electron chi connectivity index (χ0n) is 10.6. The van der Waals surface area contributed by atoms with Gasteiger partial charge >= 0.3 is 0 Å². The lowest BCUT2D eigenvalue weighted by Crippen LogP contribution is -1.99. The molecule has 1 heterocycles. The van der Waals surface area contributed by atoms with Gasteiger partial charge in [0.05, 0.1) is 13.3 Å². The highest BCUT2D eigenvalue weighted by Crippen LogP contribution is 2.29. The Morgan fingerprint density at radius 1 is 1.24 bits per heavy atom. The van der Waals surface area contributed by atoms with Gasteiger partial charge in [-0.05, 0) is 37.1 Å². The molecule has 0 aliphatic rings. The molecule has 4 heteroatoms. The second kappa shape index (κ2) is 4.13. The Bertz CT molecular complexity index is 535. The fourth-order valence-electron chi connectivity index (χ4n) is 2.09. The molecular weight excluding hydrogens is 214 g/mol.